The highest BCUT2D eigenvalue weighted by atomic mass is 19.1. The van der Waals surface area contributed by atoms with E-state index in [9.17, 15) is 4.39 Å². The summed E-state index contributed by atoms with van der Waals surface area (Å²) in [5, 5.41) is 3.06. The lowest BCUT2D eigenvalue weighted by Gasteiger charge is -2.14. The van der Waals surface area contributed by atoms with E-state index in [0.717, 1.165) is 11.5 Å². The van der Waals surface area contributed by atoms with Gasteiger partial charge in [-0.25, -0.2) is 4.39 Å². The average molecular weight is 219 g/mol. The smallest absolute Gasteiger partial charge is 0.128 e. The van der Waals surface area contributed by atoms with Crippen molar-refractivity contribution in [3.8, 4) is 0 Å². The van der Waals surface area contributed by atoms with E-state index in [4.69, 9.17) is 4.42 Å². The van der Waals surface area contributed by atoms with Crippen molar-refractivity contribution in [1.29, 1.82) is 0 Å². The van der Waals surface area contributed by atoms with Crippen molar-refractivity contribution in [2.45, 2.75) is 13.0 Å². The van der Waals surface area contributed by atoms with Gasteiger partial charge in [0.05, 0.1) is 6.04 Å². The first-order chi connectivity index (χ1) is 7.72. The molecule has 0 radical (unpaired) electrons. The Bertz CT molecular complexity index is 478. The zero-order chi connectivity index (χ0) is 11.5. The Labute approximate surface area is 94.1 Å². The zero-order valence-corrected chi connectivity index (χ0v) is 9.33. The Hall–Kier alpha value is -1.61. The Balaban J connectivity index is 2.40. The van der Waals surface area contributed by atoms with E-state index < -0.39 is 0 Å². The van der Waals surface area contributed by atoms with Gasteiger partial charge in [-0.3, -0.25) is 0 Å². The quantitative estimate of drug-likeness (QED) is 0.858. The molecule has 1 atom stereocenters. The monoisotopic (exact) mass is 219 g/mol. The summed E-state index contributed by atoms with van der Waals surface area (Å²) >= 11 is 0. The molecule has 1 aromatic heterocycles. The third-order valence-corrected chi connectivity index (χ3v) is 2.55. The summed E-state index contributed by atoms with van der Waals surface area (Å²) in [5.41, 5.74) is 0.597. The van der Waals surface area contributed by atoms with E-state index in [1.807, 2.05) is 25.1 Å². The summed E-state index contributed by atoms with van der Waals surface area (Å²) < 4.78 is 19.2. The first-order valence-corrected chi connectivity index (χ1v) is 5.20. The fourth-order valence-corrected chi connectivity index (χ4v) is 1.77. The van der Waals surface area contributed by atoms with Gasteiger partial charge in [-0.05, 0) is 32.2 Å². The summed E-state index contributed by atoms with van der Waals surface area (Å²) in [6.45, 7) is 1.87. The Morgan fingerprint density at radius 2 is 1.94 bits per heavy atom. The van der Waals surface area contributed by atoms with Gasteiger partial charge in [-0.2, -0.15) is 0 Å². The van der Waals surface area contributed by atoms with Crippen LogP contribution in [0.3, 0.4) is 0 Å². The molecule has 0 bridgehead atoms. The van der Waals surface area contributed by atoms with Crippen molar-refractivity contribution in [3.05, 3.63) is 59.3 Å². The number of hydrogen-bond acceptors (Lipinski definition) is 2. The molecular weight excluding hydrogens is 205 g/mol. The first-order valence-electron chi connectivity index (χ1n) is 5.20. The topological polar surface area (TPSA) is 25.2 Å². The van der Waals surface area contributed by atoms with Crippen LogP contribution in [0.15, 0.2) is 40.8 Å². The predicted molar refractivity (Wildman–Crippen MR) is 60.7 cm³/mol. The van der Waals surface area contributed by atoms with Crippen molar-refractivity contribution in [2.24, 2.45) is 0 Å². The maximum Gasteiger partial charge on any atom is 0.128 e. The van der Waals surface area contributed by atoms with E-state index in [1.54, 1.807) is 19.2 Å². The van der Waals surface area contributed by atoms with Crippen LogP contribution in [-0.2, 0) is 0 Å². The molecule has 1 unspecified atom stereocenters. The molecule has 16 heavy (non-hydrogen) atoms. The van der Waals surface area contributed by atoms with Gasteiger partial charge < -0.3 is 9.73 Å². The number of nitrogens with one attached hydrogen (secondary N) is 1. The van der Waals surface area contributed by atoms with Crippen molar-refractivity contribution in [1.82, 2.24) is 5.32 Å². The third-order valence-electron chi connectivity index (χ3n) is 2.55. The molecule has 1 N–H and O–H groups in total. The number of halogens is 1. The van der Waals surface area contributed by atoms with Gasteiger partial charge in [0.1, 0.15) is 17.3 Å². The molecule has 2 aromatic rings. The lowest BCUT2D eigenvalue weighted by Crippen LogP contribution is -2.18. The Morgan fingerprint density at radius 1 is 1.19 bits per heavy atom. The zero-order valence-electron chi connectivity index (χ0n) is 9.33. The molecule has 0 amide bonds. The largest absolute Gasteiger partial charge is 0.464 e. The summed E-state index contributed by atoms with van der Waals surface area (Å²) in [6, 6.07) is 10.2. The second-order valence-electron chi connectivity index (χ2n) is 3.69. The number of aryl methyl sites for hydroxylation is 1. The number of furan rings is 1. The summed E-state index contributed by atoms with van der Waals surface area (Å²) in [4.78, 5) is 0. The molecule has 3 heteroatoms. The molecule has 0 aliphatic rings. The van der Waals surface area contributed by atoms with Gasteiger partial charge in [0.15, 0.2) is 0 Å². The van der Waals surface area contributed by atoms with Crippen molar-refractivity contribution < 1.29 is 8.81 Å². The van der Waals surface area contributed by atoms with Gasteiger partial charge in [-0.1, -0.05) is 18.2 Å². The molecule has 0 aliphatic heterocycles. The molecule has 0 fully saturated rings. The molecule has 0 aliphatic carbocycles. The highest BCUT2D eigenvalue weighted by Crippen LogP contribution is 2.25. The standard InChI is InChI=1S/C13H14FNO/c1-9-7-8-12(16-9)13(15-2)10-5-3-4-6-11(10)14/h3-8,13,15H,1-2H3. The van der Waals surface area contributed by atoms with E-state index in [0.29, 0.717) is 5.56 Å². The van der Waals surface area contributed by atoms with Crippen molar-refractivity contribution in [3.63, 3.8) is 0 Å². The number of hydrogen-bond donors (Lipinski definition) is 1. The van der Waals surface area contributed by atoms with Crippen LogP contribution in [0.4, 0.5) is 4.39 Å². The third kappa shape index (κ3) is 1.99. The van der Waals surface area contributed by atoms with Crippen LogP contribution in [-0.4, -0.2) is 7.05 Å². The molecule has 2 rings (SSSR count). The van der Waals surface area contributed by atoms with Crippen LogP contribution in [0.5, 0.6) is 0 Å². The lowest BCUT2D eigenvalue weighted by atomic mass is 10.0. The van der Waals surface area contributed by atoms with Crippen LogP contribution in [0.1, 0.15) is 23.1 Å². The van der Waals surface area contributed by atoms with E-state index in [1.165, 1.54) is 6.07 Å². The normalized spacial score (nSPS) is 12.7. The molecule has 84 valence electrons. The van der Waals surface area contributed by atoms with Crippen LogP contribution < -0.4 is 5.32 Å². The fourth-order valence-electron chi connectivity index (χ4n) is 1.77. The molecular formula is C13H14FNO. The fraction of sp³-hybridized carbons (Fsp3) is 0.231. The maximum atomic E-state index is 13.6. The maximum absolute atomic E-state index is 13.6. The van der Waals surface area contributed by atoms with Crippen molar-refractivity contribution in [2.75, 3.05) is 7.05 Å². The molecule has 1 heterocycles. The van der Waals surface area contributed by atoms with Gasteiger partial charge in [0.25, 0.3) is 0 Å². The minimum absolute atomic E-state index is 0.226. The van der Waals surface area contributed by atoms with Crippen LogP contribution in [0.25, 0.3) is 0 Å². The second-order valence-corrected chi connectivity index (χ2v) is 3.69. The minimum atomic E-state index is -0.241. The highest BCUT2D eigenvalue weighted by Gasteiger charge is 2.18. The predicted octanol–water partition coefficient (Wildman–Crippen LogP) is 3.04. The van der Waals surface area contributed by atoms with E-state index >= 15 is 0 Å². The Kier molecular flexibility index (Phi) is 3.06. The van der Waals surface area contributed by atoms with Crippen LogP contribution >= 0.6 is 0 Å². The lowest BCUT2D eigenvalue weighted by molar-refractivity contribution is 0.436. The molecule has 0 saturated carbocycles. The highest BCUT2D eigenvalue weighted by molar-refractivity contribution is 5.28. The minimum Gasteiger partial charge on any atom is -0.464 e. The number of benzene rings is 1. The van der Waals surface area contributed by atoms with E-state index in [2.05, 4.69) is 5.32 Å². The summed E-state index contributed by atoms with van der Waals surface area (Å²) in [7, 11) is 1.79. The molecule has 0 saturated heterocycles. The van der Waals surface area contributed by atoms with Crippen LogP contribution in [0, 0.1) is 12.7 Å². The molecule has 2 nitrogen and oxygen atoms in total. The number of rotatable bonds is 3. The summed E-state index contributed by atoms with van der Waals surface area (Å²) in [6.07, 6.45) is 0. The van der Waals surface area contributed by atoms with Crippen LogP contribution in [0.2, 0.25) is 0 Å². The van der Waals surface area contributed by atoms with Crippen molar-refractivity contribution >= 4 is 0 Å². The summed E-state index contributed by atoms with van der Waals surface area (Å²) in [5.74, 6) is 1.33. The first kappa shape index (κ1) is 10.9. The van der Waals surface area contributed by atoms with E-state index in [-0.39, 0.29) is 11.9 Å². The molecule has 0 spiro atoms. The Morgan fingerprint density at radius 3 is 2.50 bits per heavy atom. The van der Waals surface area contributed by atoms with Gasteiger partial charge in [-0.15, -0.1) is 0 Å². The van der Waals surface area contributed by atoms with Gasteiger partial charge in [0, 0.05) is 5.56 Å². The molecule has 1 aromatic carbocycles. The SMILES string of the molecule is CNC(c1ccc(C)o1)c1ccccc1F. The average Bonchev–Trinajstić information content (AvgIpc) is 2.69. The second kappa shape index (κ2) is 4.49. The van der Waals surface area contributed by atoms with Gasteiger partial charge >= 0.3 is 0 Å². The van der Waals surface area contributed by atoms with Gasteiger partial charge in [0.2, 0.25) is 0 Å².